The molecule has 0 spiro atoms. The van der Waals surface area contributed by atoms with E-state index in [1.807, 2.05) is 16.9 Å². The van der Waals surface area contributed by atoms with Crippen molar-refractivity contribution in [1.82, 2.24) is 20.4 Å². The molecule has 0 radical (unpaired) electrons. The third-order valence-corrected chi connectivity index (χ3v) is 4.88. The average Bonchev–Trinajstić information content (AvgIpc) is 3.17. The highest BCUT2D eigenvalue weighted by Crippen LogP contribution is 2.38. The summed E-state index contributed by atoms with van der Waals surface area (Å²) < 4.78 is 12.9. The summed E-state index contributed by atoms with van der Waals surface area (Å²) in [6.07, 6.45) is 4.07. The molecule has 8 heteroatoms. The van der Waals surface area contributed by atoms with Crippen LogP contribution in [-0.2, 0) is 6.54 Å². The summed E-state index contributed by atoms with van der Waals surface area (Å²) >= 11 is 6.23. The molecule has 138 valence electrons. The summed E-state index contributed by atoms with van der Waals surface area (Å²) in [5.41, 5.74) is 1.27. The van der Waals surface area contributed by atoms with Gasteiger partial charge in [0.2, 0.25) is 0 Å². The number of nitrogens with zero attached hydrogens (tertiary/aromatic N) is 2. The number of hydrogen-bond acceptors (Lipinski definition) is 5. The van der Waals surface area contributed by atoms with Gasteiger partial charge < -0.3 is 20.1 Å². The fourth-order valence-electron chi connectivity index (χ4n) is 3.26. The van der Waals surface area contributed by atoms with Crippen molar-refractivity contribution < 1.29 is 14.3 Å². The van der Waals surface area contributed by atoms with Crippen LogP contribution in [0, 0.1) is 0 Å². The number of fused-ring (bicyclic) bond motifs is 1. The van der Waals surface area contributed by atoms with E-state index < -0.39 is 0 Å². The van der Waals surface area contributed by atoms with Crippen molar-refractivity contribution in [3.05, 3.63) is 40.7 Å². The lowest BCUT2D eigenvalue weighted by atomic mass is 10.1. The molecular formula is C18H21ClN4O3. The average molecular weight is 377 g/mol. The Labute approximate surface area is 156 Å². The Hall–Kier alpha value is -2.25. The first kappa shape index (κ1) is 17.2. The minimum atomic E-state index is -0.210. The molecule has 2 aliphatic heterocycles. The molecular weight excluding hydrogens is 356 g/mol. The second-order valence-corrected chi connectivity index (χ2v) is 6.87. The molecule has 26 heavy (non-hydrogen) atoms. The van der Waals surface area contributed by atoms with E-state index in [1.54, 1.807) is 12.1 Å². The Bertz CT molecular complexity index is 802. The zero-order chi connectivity index (χ0) is 17.9. The van der Waals surface area contributed by atoms with Crippen LogP contribution < -0.4 is 20.1 Å². The second-order valence-electron chi connectivity index (χ2n) is 6.47. The summed E-state index contributed by atoms with van der Waals surface area (Å²) in [4.78, 5) is 12.4. The van der Waals surface area contributed by atoms with Gasteiger partial charge in [-0.2, -0.15) is 5.10 Å². The van der Waals surface area contributed by atoms with E-state index in [4.69, 9.17) is 21.1 Å². The van der Waals surface area contributed by atoms with E-state index in [9.17, 15) is 4.79 Å². The van der Waals surface area contributed by atoms with E-state index in [-0.39, 0.29) is 5.91 Å². The van der Waals surface area contributed by atoms with Gasteiger partial charge in [0.15, 0.2) is 11.5 Å². The van der Waals surface area contributed by atoms with Crippen molar-refractivity contribution in [2.45, 2.75) is 25.4 Å². The highest BCUT2D eigenvalue weighted by atomic mass is 35.5. The van der Waals surface area contributed by atoms with E-state index >= 15 is 0 Å². The van der Waals surface area contributed by atoms with Gasteiger partial charge >= 0.3 is 0 Å². The second kappa shape index (κ2) is 7.55. The molecule has 1 aromatic heterocycles. The minimum Gasteiger partial charge on any atom is -0.486 e. The number of aromatic nitrogens is 2. The molecule has 0 aliphatic carbocycles. The van der Waals surface area contributed by atoms with Crippen molar-refractivity contribution in [3.8, 4) is 11.5 Å². The number of carbonyl (C=O) groups is 1. The molecule has 3 heterocycles. The molecule has 1 amide bonds. The van der Waals surface area contributed by atoms with Gasteiger partial charge in [0.25, 0.3) is 5.91 Å². The number of carbonyl (C=O) groups excluding carboxylic acids is 1. The van der Waals surface area contributed by atoms with Crippen molar-refractivity contribution >= 4 is 17.5 Å². The molecule has 1 saturated heterocycles. The lowest BCUT2D eigenvalue weighted by Crippen LogP contribution is -2.32. The first-order valence-electron chi connectivity index (χ1n) is 8.83. The van der Waals surface area contributed by atoms with Crippen LogP contribution in [0.5, 0.6) is 11.5 Å². The molecule has 1 aromatic carbocycles. The zero-order valence-electron chi connectivity index (χ0n) is 14.3. The summed E-state index contributed by atoms with van der Waals surface area (Å²) in [5, 5.41) is 11.1. The number of hydrogen-bond donors (Lipinski definition) is 2. The van der Waals surface area contributed by atoms with E-state index in [2.05, 4.69) is 15.7 Å². The summed E-state index contributed by atoms with van der Waals surface area (Å²) in [5.74, 6) is 0.966. The molecule has 2 aliphatic rings. The summed E-state index contributed by atoms with van der Waals surface area (Å²) in [7, 11) is 0. The monoisotopic (exact) mass is 376 g/mol. The lowest BCUT2D eigenvalue weighted by molar-refractivity contribution is 0.0944. The first-order chi connectivity index (χ1) is 12.7. The predicted octanol–water partition coefficient (Wildman–Crippen LogP) is 2.16. The fourth-order valence-corrected chi connectivity index (χ4v) is 3.55. The van der Waals surface area contributed by atoms with Gasteiger partial charge in [-0.15, -0.1) is 0 Å². The van der Waals surface area contributed by atoms with Crippen LogP contribution in [0.4, 0.5) is 0 Å². The number of nitrogens with one attached hydrogen (secondary N) is 2. The SMILES string of the molecule is O=C(NCc1cc(Cl)c2c(c1)OCCO2)c1ccn(C2CCCNC2)n1. The van der Waals surface area contributed by atoms with Crippen molar-refractivity contribution in [1.29, 1.82) is 0 Å². The molecule has 7 nitrogen and oxygen atoms in total. The van der Waals surface area contributed by atoms with Crippen LogP contribution in [0.1, 0.15) is 34.9 Å². The van der Waals surface area contributed by atoms with Gasteiger partial charge in [-0.3, -0.25) is 9.48 Å². The summed E-state index contributed by atoms with van der Waals surface area (Å²) in [6.45, 7) is 3.25. The number of ether oxygens (including phenoxy) is 2. The highest BCUT2D eigenvalue weighted by Gasteiger charge is 2.19. The van der Waals surface area contributed by atoms with Crippen LogP contribution in [0.25, 0.3) is 0 Å². The topological polar surface area (TPSA) is 77.4 Å². The maximum Gasteiger partial charge on any atom is 0.272 e. The molecule has 0 saturated carbocycles. The third kappa shape index (κ3) is 3.64. The van der Waals surface area contributed by atoms with Gasteiger partial charge in [0, 0.05) is 19.3 Å². The number of halogens is 1. The van der Waals surface area contributed by atoms with Crippen LogP contribution >= 0.6 is 11.6 Å². The van der Waals surface area contributed by atoms with Gasteiger partial charge in [-0.05, 0) is 43.1 Å². The van der Waals surface area contributed by atoms with Gasteiger partial charge in [-0.1, -0.05) is 11.6 Å². The van der Waals surface area contributed by atoms with Gasteiger partial charge in [0.05, 0.1) is 11.1 Å². The maximum absolute atomic E-state index is 12.4. The van der Waals surface area contributed by atoms with Crippen LogP contribution in [0.2, 0.25) is 5.02 Å². The summed E-state index contributed by atoms with van der Waals surface area (Å²) in [6, 6.07) is 5.68. The molecule has 1 fully saturated rings. The van der Waals surface area contributed by atoms with Gasteiger partial charge in [-0.25, -0.2) is 0 Å². The Balaban J connectivity index is 1.39. The van der Waals surface area contributed by atoms with Crippen LogP contribution in [0.3, 0.4) is 0 Å². The van der Waals surface area contributed by atoms with Crippen LogP contribution in [0.15, 0.2) is 24.4 Å². The number of rotatable bonds is 4. The van der Waals surface area contributed by atoms with Crippen molar-refractivity contribution in [3.63, 3.8) is 0 Å². The zero-order valence-corrected chi connectivity index (χ0v) is 15.1. The van der Waals surface area contributed by atoms with E-state index in [0.717, 1.165) is 31.5 Å². The largest absolute Gasteiger partial charge is 0.486 e. The highest BCUT2D eigenvalue weighted by molar-refractivity contribution is 6.32. The number of piperidine rings is 1. The maximum atomic E-state index is 12.4. The first-order valence-corrected chi connectivity index (χ1v) is 9.20. The quantitative estimate of drug-likeness (QED) is 0.855. The molecule has 4 rings (SSSR count). The third-order valence-electron chi connectivity index (χ3n) is 4.60. The lowest BCUT2D eigenvalue weighted by Gasteiger charge is -2.22. The number of benzene rings is 1. The molecule has 1 unspecified atom stereocenters. The number of amides is 1. The van der Waals surface area contributed by atoms with Crippen molar-refractivity contribution in [2.24, 2.45) is 0 Å². The van der Waals surface area contributed by atoms with E-state index in [1.165, 1.54) is 0 Å². The molecule has 2 aromatic rings. The Morgan fingerprint density at radius 3 is 3.12 bits per heavy atom. The molecule has 0 bridgehead atoms. The Kier molecular flexibility index (Phi) is 4.99. The Morgan fingerprint density at radius 2 is 2.27 bits per heavy atom. The van der Waals surface area contributed by atoms with Gasteiger partial charge in [0.1, 0.15) is 18.9 Å². The van der Waals surface area contributed by atoms with Crippen molar-refractivity contribution in [2.75, 3.05) is 26.3 Å². The minimum absolute atomic E-state index is 0.210. The Morgan fingerprint density at radius 1 is 1.38 bits per heavy atom. The molecule has 1 atom stereocenters. The van der Waals surface area contributed by atoms with E-state index in [0.29, 0.717) is 48.0 Å². The molecule has 2 N–H and O–H groups in total. The fraction of sp³-hybridized carbons (Fsp3) is 0.444. The predicted molar refractivity (Wildman–Crippen MR) is 97.0 cm³/mol. The van der Waals surface area contributed by atoms with Crippen LogP contribution in [-0.4, -0.2) is 42.0 Å². The normalized spacial score (nSPS) is 19.2. The standard InChI is InChI=1S/C18H21ClN4O3/c19-14-8-12(9-16-17(14)26-7-6-25-16)10-21-18(24)15-3-5-23(22-15)13-2-1-4-20-11-13/h3,5,8-9,13,20H,1-2,4,6-7,10-11H2,(H,21,24). The smallest absolute Gasteiger partial charge is 0.272 e.